The van der Waals surface area contributed by atoms with Crippen LogP contribution in [-0.2, 0) is 68.4 Å². The Labute approximate surface area is 816 Å². The summed E-state index contributed by atoms with van der Waals surface area (Å²) in [5.74, 6) is 1.13. The van der Waals surface area contributed by atoms with Crippen molar-refractivity contribution in [2.45, 2.75) is 71.9 Å². The van der Waals surface area contributed by atoms with E-state index in [9.17, 15) is 73.5 Å². The monoisotopic (exact) mass is 1970 g/mol. The van der Waals surface area contributed by atoms with Crippen LogP contribution in [0, 0.1) is 39.0 Å². The van der Waals surface area contributed by atoms with Gasteiger partial charge in [-0.15, -0.1) is 0 Å². The number of morpholine rings is 6. The highest BCUT2D eigenvalue weighted by Crippen LogP contribution is 2.39. The maximum absolute atomic E-state index is 13.1. The Morgan fingerprint density at radius 1 is 0.364 bits per heavy atom. The molecule has 3 N–H and O–H groups in total. The van der Waals surface area contributed by atoms with E-state index in [2.05, 4.69) is 66.7 Å². The Morgan fingerprint density at radius 3 is 1.12 bits per heavy atom. The first kappa shape index (κ1) is 102. The summed E-state index contributed by atoms with van der Waals surface area (Å²) in [4.78, 5) is 129. The average Bonchev–Trinajstić information content (AvgIpc) is 0.805. The molecule has 143 heavy (non-hydrogen) atoms. The molecule has 6 fully saturated rings. The Hall–Kier alpha value is -15.2. The molecule has 0 aliphatic carbocycles. The molecule has 18 rings (SSSR count). The Balaban J connectivity index is 0.000000144. The molecule has 0 atom stereocenters. The van der Waals surface area contributed by atoms with Crippen LogP contribution in [0.15, 0.2) is 201 Å². The number of hydrogen-bond acceptors (Lipinski definition) is 26. The van der Waals surface area contributed by atoms with E-state index in [-0.39, 0.29) is 59.8 Å². The number of ketones is 1. The highest BCUT2D eigenvalue weighted by atomic mass is 19.4. The molecule has 31 nitrogen and oxygen atoms in total. The van der Waals surface area contributed by atoms with Gasteiger partial charge in [0.1, 0.15) is 49.1 Å². The second kappa shape index (κ2) is 45.6. The highest BCUT2D eigenvalue weighted by molar-refractivity contribution is 6.07. The van der Waals surface area contributed by atoms with Crippen LogP contribution in [-0.4, -0.2) is 225 Å². The predicted octanol–water partition coefficient (Wildman–Crippen LogP) is 16.3. The molecule has 5 amide bonds. The third-order valence-electron chi connectivity index (χ3n) is 24.1. The maximum atomic E-state index is 13.1. The van der Waals surface area contributed by atoms with E-state index in [1.54, 1.807) is 109 Å². The highest BCUT2D eigenvalue weighted by Gasteiger charge is 2.36. The van der Waals surface area contributed by atoms with E-state index in [0.717, 1.165) is 113 Å². The van der Waals surface area contributed by atoms with Crippen molar-refractivity contribution in [2.24, 2.45) is 0 Å². The van der Waals surface area contributed by atoms with Crippen LogP contribution in [0.4, 0.5) is 91.7 Å². The Morgan fingerprint density at radius 2 is 0.720 bits per heavy atom. The second-order valence-corrected chi connectivity index (χ2v) is 34.5. The number of nitrogens with one attached hydrogen (secondary N) is 3. The number of pyridine rings is 1. The first-order valence-corrected chi connectivity index (χ1v) is 45.9. The van der Waals surface area contributed by atoms with Crippen LogP contribution < -0.4 is 45.3 Å². The third-order valence-corrected chi connectivity index (χ3v) is 24.1. The van der Waals surface area contributed by atoms with Crippen LogP contribution in [0.2, 0.25) is 0 Å². The van der Waals surface area contributed by atoms with Crippen molar-refractivity contribution in [3.8, 4) is 51.1 Å². The molecule has 0 radical (unpaired) electrons. The number of aryl methyl sites for hydroxylation is 4. The van der Waals surface area contributed by atoms with Gasteiger partial charge in [0.15, 0.2) is 5.78 Å². The van der Waals surface area contributed by atoms with Crippen molar-refractivity contribution in [1.82, 2.24) is 44.9 Å². The van der Waals surface area contributed by atoms with Crippen molar-refractivity contribution in [3.05, 3.63) is 273 Å². The molecular weight excluding hydrogens is 1870 g/mol. The largest absolute Gasteiger partial charge is 0.416 e. The molecule has 7 aromatic carbocycles. The molecule has 6 aliphatic rings. The molecule has 0 unspecified atom stereocenters. The Bertz CT molecular complexity index is 6700. The molecule has 11 heterocycles. The average molecular weight is 1970 g/mol. The van der Waals surface area contributed by atoms with Crippen molar-refractivity contribution >= 4 is 87.5 Å². The van der Waals surface area contributed by atoms with Gasteiger partial charge in [-0.05, 0) is 166 Å². The number of anilines is 9. The van der Waals surface area contributed by atoms with Gasteiger partial charge in [0.25, 0.3) is 29.5 Å². The number of hydrogen-bond donors (Lipinski definition) is 3. The lowest BCUT2D eigenvalue weighted by molar-refractivity contribution is -0.138. The fourth-order valence-electron chi connectivity index (χ4n) is 16.0. The van der Waals surface area contributed by atoms with Crippen molar-refractivity contribution in [1.29, 1.82) is 5.26 Å². The normalized spacial score (nSPS) is 15.4. The zero-order valence-corrected chi connectivity index (χ0v) is 78.8. The predicted molar refractivity (Wildman–Crippen MR) is 516 cm³/mol. The standard InChI is InChI=1S/C28H27F3N4O4.C27H26F3N5O4.C25H26N6O2.C23H21F3N4O2/c1-18-5-6-20(24(36)14-19-3-2-4-21(13-19)28(29,30)31)15-22(18)23-16-25(35-9-12-39-17-26(35)37)33-27(32-23)34-7-10-38-11-8-34;1-17-5-6-20(31-25(37)18-3-2-4-19(13-18)27(28,29)30)14-21(17)22-15-23(35-9-12-39-16-24(35)36)33-26(32-22)34-7-10-38-11-8-34;1-17-4-5-19(30-24(32)18-6-7-27-22(12-18)25(2,3)15-26)13-20(17)21-14-23(29-16-28-21)31-8-10-33-11-9-31;1-15-5-6-18(29-22(31)16-3-2-4-17(11-16)23(24,25)26)12-19(15)20-13-21(28-14-27-20)30-7-9-32-10-8-30/h2-6,13,15-16H,7-12,14,17H2,1H3;2-6,13-15H,7-12,16H2,1H3,(H,31,37);4-7,12-14,16H,8-11H2,1-3H3,(H,30,32);2-6,11-14H,7-10H2,1H3,(H,29,31). The summed E-state index contributed by atoms with van der Waals surface area (Å²) in [6.07, 6.45) is -9.12. The van der Waals surface area contributed by atoms with Gasteiger partial charge in [0.05, 0.1) is 136 Å². The molecule has 0 spiro atoms. The van der Waals surface area contributed by atoms with Gasteiger partial charge in [0, 0.05) is 151 Å². The number of benzene rings is 7. The maximum Gasteiger partial charge on any atom is 0.416 e. The number of carbonyl (C=O) groups excluding carboxylic acids is 6. The first-order chi connectivity index (χ1) is 68.5. The lowest BCUT2D eigenvalue weighted by Gasteiger charge is -2.30. The summed E-state index contributed by atoms with van der Waals surface area (Å²) >= 11 is 0. The lowest BCUT2D eigenvalue weighted by atomic mass is 9.90. The number of halogens is 9. The van der Waals surface area contributed by atoms with Gasteiger partial charge in [-0.2, -0.15) is 54.7 Å². The zero-order valence-electron chi connectivity index (χ0n) is 78.8. The minimum atomic E-state index is -4.56. The molecule has 12 aromatic rings. The molecular formula is C103H100F9N19O12. The molecule has 6 aliphatic heterocycles. The van der Waals surface area contributed by atoms with Gasteiger partial charge in [0.2, 0.25) is 11.9 Å². The van der Waals surface area contributed by atoms with Gasteiger partial charge in [-0.1, -0.05) is 60.7 Å². The Kier molecular flexibility index (Phi) is 32.6. The van der Waals surface area contributed by atoms with Crippen LogP contribution in [0.3, 0.4) is 0 Å². The van der Waals surface area contributed by atoms with E-state index < -0.39 is 52.4 Å². The van der Waals surface area contributed by atoms with Crippen molar-refractivity contribution < 1.29 is 96.7 Å². The number of nitriles is 1. The number of aromatic nitrogens is 9. The summed E-state index contributed by atoms with van der Waals surface area (Å²) in [5, 5.41) is 17.7. The fraction of sp³-hybridized carbons (Fsp3) is 0.320. The van der Waals surface area contributed by atoms with E-state index in [1.165, 1.54) is 42.7 Å². The number of alkyl halides is 9. The van der Waals surface area contributed by atoms with E-state index in [1.807, 2.05) is 73.9 Å². The summed E-state index contributed by atoms with van der Waals surface area (Å²) < 4.78 is 150. The number of ether oxygens (including phenoxy) is 6. The number of rotatable bonds is 20. The van der Waals surface area contributed by atoms with E-state index >= 15 is 0 Å². The molecule has 0 bridgehead atoms. The number of Topliss-reactive ketones (excluding diaryl/α,β-unsaturated/α-hetero) is 1. The second-order valence-electron chi connectivity index (χ2n) is 34.5. The topological polar surface area (TPSA) is 353 Å². The summed E-state index contributed by atoms with van der Waals surface area (Å²) in [6.45, 7) is 22.8. The first-order valence-electron chi connectivity index (χ1n) is 45.9. The van der Waals surface area contributed by atoms with Crippen LogP contribution in [0.5, 0.6) is 0 Å². The smallest absolute Gasteiger partial charge is 0.378 e. The fourth-order valence-corrected chi connectivity index (χ4v) is 16.0. The molecule has 0 saturated carbocycles. The number of amides is 5. The number of carbonyl (C=O) groups is 6. The molecule has 40 heteroatoms. The van der Waals surface area contributed by atoms with Gasteiger partial charge in [-0.25, -0.2) is 29.9 Å². The van der Waals surface area contributed by atoms with Gasteiger partial charge >= 0.3 is 18.5 Å². The van der Waals surface area contributed by atoms with Crippen molar-refractivity contribution in [3.63, 3.8) is 0 Å². The lowest BCUT2D eigenvalue weighted by Crippen LogP contribution is -2.43. The molecule has 742 valence electrons. The zero-order chi connectivity index (χ0) is 101. The van der Waals surface area contributed by atoms with Gasteiger partial charge < -0.3 is 64.0 Å². The van der Waals surface area contributed by atoms with E-state index in [0.29, 0.717) is 191 Å². The number of nitrogens with zero attached hydrogens (tertiary/aromatic N) is 16. The SMILES string of the molecule is Cc1ccc(C(=O)Cc2cccc(C(F)(F)F)c2)cc1-c1cc(N2CCOCC2=O)nc(N2CCOCC2)n1.Cc1ccc(NC(=O)c2cccc(C(F)(F)F)c2)cc1-c1cc(N2CCOCC2)ncn1.Cc1ccc(NC(=O)c2cccc(C(F)(F)F)c2)cc1-c1cc(N2CCOCC2=O)nc(N2CCOCC2)n1.Cc1ccc(NC(=O)c2ccnc(C(C)(C)C#N)c2)cc1-c1cc(N2CCOCC2)ncn1. The summed E-state index contributed by atoms with van der Waals surface area (Å²) in [5.41, 5.74) is 8.89. The van der Waals surface area contributed by atoms with Crippen LogP contribution in [0.25, 0.3) is 45.0 Å². The quantitative estimate of drug-likeness (QED) is 0.0471. The summed E-state index contributed by atoms with van der Waals surface area (Å²) in [6, 6.07) is 47.5. The summed E-state index contributed by atoms with van der Waals surface area (Å²) in [7, 11) is 0. The minimum absolute atomic E-state index is 0.0369. The van der Waals surface area contributed by atoms with Gasteiger partial charge in [-0.3, -0.25) is 43.6 Å². The van der Waals surface area contributed by atoms with E-state index in [4.69, 9.17) is 38.4 Å². The van der Waals surface area contributed by atoms with Crippen LogP contribution >= 0.6 is 0 Å². The van der Waals surface area contributed by atoms with Crippen molar-refractivity contribution in [2.75, 3.05) is 190 Å². The molecule has 5 aromatic heterocycles. The molecule has 6 saturated heterocycles. The minimum Gasteiger partial charge on any atom is -0.378 e. The van der Waals surface area contributed by atoms with Crippen LogP contribution in [0.1, 0.15) is 105 Å². The third kappa shape index (κ3) is 26.4.